The van der Waals surface area contributed by atoms with Crippen molar-refractivity contribution in [3.05, 3.63) is 22.9 Å². The van der Waals surface area contributed by atoms with Gasteiger partial charge in [0.15, 0.2) is 5.65 Å². The number of hydrogen-bond acceptors (Lipinski definition) is 5. The van der Waals surface area contributed by atoms with E-state index in [2.05, 4.69) is 39.5 Å². The second-order valence-electron chi connectivity index (χ2n) is 5.36. The van der Waals surface area contributed by atoms with E-state index in [-0.39, 0.29) is 11.2 Å². The van der Waals surface area contributed by atoms with Crippen LogP contribution in [0.4, 0.5) is 5.82 Å². The van der Waals surface area contributed by atoms with Crippen LogP contribution in [0.1, 0.15) is 19.3 Å². The minimum absolute atomic E-state index is 0.235. The van der Waals surface area contributed by atoms with Gasteiger partial charge in [-0.25, -0.2) is 19.3 Å². The zero-order valence-corrected chi connectivity index (χ0v) is 11.2. The van der Waals surface area contributed by atoms with E-state index in [0.717, 1.165) is 12.4 Å². The maximum Gasteiger partial charge on any atom is 0.348 e. The summed E-state index contributed by atoms with van der Waals surface area (Å²) in [6, 6.07) is 1.78. The normalized spacial score (nSPS) is 17.6. The Morgan fingerprint density at radius 2 is 2.32 bits per heavy atom. The lowest BCUT2D eigenvalue weighted by Crippen LogP contribution is -2.54. The molecule has 0 radical (unpaired) electrons. The summed E-state index contributed by atoms with van der Waals surface area (Å²) in [5.74, 6) is 0.750. The topological polar surface area (TPSA) is 78.3 Å². The number of nitrogens with one attached hydrogen (secondary N) is 2. The van der Waals surface area contributed by atoms with Crippen LogP contribution in [0.5, 0.6) is 0 Å². The standard InChI is InChI=1S/C12H18N6O/c1-17(2)12(4-3-5-12)7-13-9-6-10-15-16-11(19)18(10)8-14-9/h6,8,13H,3-5,7H2,1-2H3,(H,16,19). The number of hydrogen-bond donors (Lipinski definition) is 2. The van der Waals surface area contributed by atoms with Gasteiger partial charge in [0.1, 0.15) is 12.1 Å². The van der Waals surface area contributed by atoms with Crippen molar-refractivity contribution in [1.82, 2.24) is 24.5 Å². The third-order valence-electron chi connectivity index (χ3n) is 4.14. The van der Waals surface area contributed by atoms with Crippen molar-refractivity contribution in [3.8, 4) is 0 Å². The lowest BCUT2D eigenvalue weighted by atomic mass is 9.75. The average molecular weight is 262 g/mol. The molecule has 0 aromatic carbocycles. The minimum atomic E-state index is -0.266. The first-order chi connectivity index (χ1) is 9.11. The van der Waals surface area contributed by atoms with Gasteiger partial charge in [-0.05, 0) is 33.4 Å². The highest BCUT2D eigenvalue weighted by Crippen LogP contribution is 2.36. The van der Waals surface area contributed by atoms with Crippen molar-refractivity contribution >= 4 is 11.5 Å². The molecule has 2 aromatic rings. The highest BCUT2D eigenvalue weighted by Gasteiger charge is 2.38. The molecule has 19 heavy (non-hydrogen) atoms. The van der Waals surface area contributed by atoms with Crippen molar-refractivity contribution in [2.24, 2.45) is 0 Å². The zero-order valence-electron chi connectivity index (χ0n) is 11.2. The predicted octanol–water partition coefficient (Wildman–Crippen LogP) is 0.314. The van der Waals surface area contributed by atoms with E-state index in [1.807, 2.05) is 0 Å². The Morgan fingerprint density at radius 1 is 1.53 bits per heavy atom. The second-order valence-corrected chi connectivity index (χ2v) is 5.36. The first-order valence-corrected chi connectivity index (χ1v) is 6.45. The molecule has 1 aliphatic carbocycles. The number of fused-ring (bicyclic) bond motifs is 1. The summed E-state index contributed by atoms with van der Waals surface area (Å²) in [4.78, 5) is 17.8. The molecule has 3 rings (SSSR count). The molecule has 2 N–H and O–H groups in total. The Labute approximate surface area is 110 Å². The molecule has 0 saturated heterocycles. The average Bonchev–Trinajstić information content (AvgIpc) is 2.69. The molecule has 7 nitrogen and oxygen atoms in total. The highest BCUT2D eigenvalue weighted by atomic mass is 16.1. The van der Waals surface area contributed by atoms with Crippen LogP contribution in [-0.2, 0) is 0 Å². The molecular weight excluding hydrogens is 244 g/mol. The van der Waals surface area contributed by atoms with Gasteiger partial charge in [-0.15, -0.1) is 0 Å². The van der Waals surface area contributed by atoms with Gasteiger partial charge in [-0.3, -0.25) is 0 Å². The smallest absolute Gasteiger partial charge is 0.348 e. The summed E-state index contributed by atoms with van der Waals surface area (Å²) in [6.07, 6.45) is 5.18. The summed E-state index contributed by atoms with van der Waals surface area (Å²) in [5, 5.41) is 9.67. The van der Waals surface area contributed by atoms with Gasteiger partial charge in [0.25, 0.3) is 0 Å². The van der Waals surface area contributed by atoms with Gasteiger partial charge in [0.2, 0.25) is 0 Å². The Balaban J connectivity index is 1.76. The van der Waals surface area contributed by atoms with Crippen molar-refractivity contribution < 1.29 is 0 Å². The maximum absolute atomic E-state index is 11.3. The van der Waals surface area contributed by atoms with Crippen LogP contribution < -0.4 is 11.0 Å². The lowest BCUT2D eigenvalue weighted by molar-refractivity contribution is 0.0738. The van der Waals surface area contributed by atoms with Crippen LogP contribution in [-0.4, -0.2) is 50.7 Å². The molecule has 0 unspecified atom stereocenters. The molecule has 2 aromatic heterocycles. The number of aromatic amines is 1. The maximum atomic E-state index is 11.3. The number of likely N-dealkylation sites (N-methyl/N-ethyl adjacent to an activating group) is 1. The SMILES string of the molecule is CN(C)C1(CNc2cc3n[nH]c(=O)n3cn2)CCC1. The van der Waals surface area contributed by atoms with Gasteiger partial charge in [0, 0.05) is 18.2 Å². The van der Waals surface area contributed by atoms with Crippen LogP contribution in [0.25, 0.3) is 5.65 Å². The number of anilines is 1. The van der Waals surface area contributed by atoms with E-state index >= 15 is 0 Å². The van der Waals surface area contributed by atoms with E-state index < -0.39 is 0 Å². The summed E-state index contributed by atoms with van der Waals surface area (Å²) in [7, 11) is 4.23. The fourth-order valence-electron chi connectivity index (χ4n) is 2.53. The van der Waals surface area contributed by atoms with Gasteiger partial charge >= 0.3 is 5.69 Å². The van der Waals surface area contributed by atoms with E-state index in [1.165, 1.54) is 30.0 Å². The minimum Gasteiger partial charge on any atom is -0.368 e. The predicted molar refractivity (Wildman–Crippen MR) is 72.4 cm³/mol. The fraction of sp³-hybridized carbons (Fsp3) is 0.583. The molecule has 1 saturated carbocycles. The summed E-state index contributed by atoms with van der Waals surface area (Å²) >= 11 is 0. The molecule has 0 atom stereocenters. The van der Waals surface area contributed by atoms with Crippen LogP contribution in [0.3, 0.4) is 0 Å². The molecule has 2 heterocycles. The molecule has 7 heteroatoms. The molecule has 1 fully saturated rings. The van der Waals surface area contributed by atoms with Crippen molar-refractivity contribution in [1.29, 1.82) is 0 Å². The molecular formula is C12H18N6O. The van der Waals surface area contributed by atoms with E-state index in [4.69, 9.17) is 0 Å². The number of nitrogens with zero attached hydrogens (tertiary/aromatic N) is 4. The molecule has 102 valence electrons. The summed E-state index contributed by atoms with van der Waals surface area (Å²) in [6.45, 7) is 0.859. The Hall–Kier alpha value is -1.89. The Kier molecular flexibility index (Phi) is 2.78. The molecule has 1 aliphatic rings. The van der Waals surface area contributed by atoms with Crippen LogP contribution in [0, 0.1) is 0 Å². The molecule has 0 spiro atoms. The largest absolute Gasteiger partial charge is 0.368 e. The molecule has 0 amide bonds. The fourth-order valence-corrected chi connectivity index (χ4v) is 2.53. The summed E-state index contributed by atoms with van der Waals surface area (Å²) < 4.78 is 1.39. The third-order valence-corrected chi connectivity index (χ3v) is 4.14. The first kappa shape index (κ1) is 12.2. The van der Waals surface area contributed by atoms with Crippen LogP contribution in [0.2, 0.25) is 0 Å². The molecule has 0 aliphatic heterocycles. The Bertz CT molecular complexity index is 639. The quantitative estimate of drug-likeness (QED) is 0.829. The molecule has 0 bridgehead atoms. The third kappa shape index (κ3) is 1.99. The van der Waals surface area contributed by atoms with Gasteiger partial charge < -0.3 is 10.2 Å². The van der Waals surface area contributed by atoms with Crippen molar-refractivity contribution in [2.45, 2.75) is 24.8 Å². The van der Waals surface area contributed by atoms with E-state index in [9.17, 15) is 4.79 Å². The second kappa shape index (κ2) is 4.34. The van der Waals surface area contributed by atoms with E-state index in [1.54, 1.807) is 6.07 Å². The summed E-state index contributed by atoms with van der Waals surface area (Å²) in [5.41, 5.74) is 0.548. The van der Waals surface area contributed by atoms with Gasteiger partial charge in [0.05, 0.1) is 0 Å². The number of H-pyrrole nitrogens is 1. The van der Waals surface area contributed by atoms with Crippen molar-refractivity contribution in [2.75, 3.05) is 26.0 Å². The highest BCUT2D eigenvalue weighted by molar-refractivity contribution is 5.48. The van der Waals surface area contributed by atoms with E-state index in [0.29, 0.717) is 5.65 Å². The zero-order chi connectivity index (χ0) is 13.5. The number of aromatic nitrogens is 4. The van der Waals surface area contributed by atoms with Gasteiger partial charge in [-0.2, -0.15) is 5.10 Å². The van der Waals surface area contributed by atoms with Crippen LogP contribution >= 0.6 is 0 Å². The Morgan fingerprint density at radius 3 is 2.95 bits per heavy atom. The monoisotopic (exact) mass is 262 g/mol. The van der Waals surface area contributed by atoms with Crippen molar-refractivity contribution in [3.63, 3.8) is 0 Å². The number of rotatable bonds is 4. The van der Waals surface area contributed by atoms with Gasteiger partial charge in [-0.1, -0.05) is 0 Å². The first-order valence-electron chi connectivity index (χ1n) is 6.45. The lowest BCUT2D eigenvalue weighted by Gasteiger charge is -2.47. The van der Waals surface area contributed by atoms with Crippen LogP contribution in [0.15, 0.2) is 17.2 Å².